The molecule has 1 aromatic rings. The fourth-order valence-corrected chi connectivity index (χ4v) is 4.05. The number of aryl methyl sites for hydroxylation is 2. The molecule has 0 saturated carbocycles. The van der Waals surface area contributed by atoms with Gasteiger partial charge in [-0.25, -0.2) is 0 Å². The van der Waals surface area contributed by atoms with Crippen molar-refractivity contribution >= 4 is 15.9 Å². The van der Waals surface area contributed by atoms with Gasteiger partial charge in [0.25, 0.3) is 0 Å². The van der Waals surface area contributed by atoms with E-state index in [1.165, 1.54) is 12.1 Å². The van der Waals surface area contributed by atoms with Gasteiger partial charge in [0.1, 0.15) is 0 Å². The monoisotopic (exact) mass is 313 g/mol. The standard InChI is InChI=1S/C13H20BrN3O/c1-8-12(14)10(17(2)16-8)6-13(7-15)5-9-3-4-11(13)18-9/h9,11H,3-7,15H2,1-2H3. The van der Waals surface area contributed by atoms with Gasteiger partial charge in [-0.15, -0.1) is 0 Å². The summed E-state index contributed by atoms with van der Waals surface area (Å²) in [6.45, 7) is 2.73. The Morgan fingerprint density at radius 1 is 1.56 bits per heavy atom. The van der Waals surface area contributed by atoms with Gasteiger partial charge in [0.2, 0.25) is 0 Å². The summed E-state index contributed by atoms with van der Waals surface area (Å²) >= 11 is 3.65. The third kappa shape index (κ3) is 1.75. The van der Waals surface area contributed by atoms with Crippen molar-refractivity contribution in [2.24, 2.45) is 18.2 Å². The summed E-state index contributed by atoms with van der Waals surface area (Å²) in [7, 11) is 2.01. The first-order valence-electron chi connectivity index (χ1n) is 6.59. The van der Waals surface area contributed by atoms with Crippen molar-refractivity contribution in [3.05, 3.63) is 15.9 Å². The van der Waals surface area contributed by atoms with E-state index in [0.29, 0.717) is 18.8 Å². The number of aromatic nitrogens is 2. The Bertz CT molecular complexity index is 473. The van der Waals surface area contributed by atoms with Crippen LogP contribution in [0.25, 0.3) is 0 Å². The van der Waals surface area contributed by atoms with Crippen LogP contribution in [0, 0.1) is 12.3 Å². The first kappa shape index (κ1) is 12.6. The van der Waals surface area contributed by atoms with Gasteiger partial charge in [0.05, 0.1) is 28.1 Å². The van der Waals surface area contributed by atoms with Gasteiger partial charge in [-0.3, -0.25) is 4.68 Å². The molecule has 2 fully saturated rings. The Balaban J connectivity index is 1.91. The van der Waals surface area contributed by atoms with E-state index in [0.717, 1.165) is 29.4 Å². The van der Waals surface area contributed by atoms with Crippen molar-refractivity contribution in [1.29, 1.82) is 0 Å². The van der Waals surface area contributed by atoms with Gasteiger partial charge < -0.3 is 10.5 Å². The molecule has 2 aliphatic heterocycles. The quantitative estimate of drug-likeness (QED) is 0.927. The molecule has 3 unspecified atom stereocenters. The molecule has 2 saturated heterocycles. The molecule has 2 bridgehead atoms. The van der Waals surface area contributed by atoms with Crippen LogP contribution in [0.4, 0.5) is 0 Å². The molecule has 2 N–H and O–H groups in total. The van der Waals surface area contributed by atoms with Gasteiger partial charge in [-0.2, -0.15) is 5.10 Å². The predicted molar refractivity (Wildman–Crippen MR) is 73.3 cm³/mol. The lowest BCUT2D eigenvalue weighted by Crippen LogP contribution is -2.42. The van der Waals surface area contributed by atoms with Crippen molar-refractivity contribution in [3.8, 4) is 0 Å². The maximum absolute atomic E-state index is 6.09. The topological polar surface area (TPSA) is 53.1 Å². The molecule has 0 spiro atoms. The molecule has 0 aromatic carbocycles. The smallest absolute Gasteiger partial charge is 0.0738 e. The molecule has 100 valence electrons. The molecule has 18 heavy (non-hydrogen) atoms. The second-order valence-corrected chi connectivity index (χ2v) is 6.53. The van der Waals surface area contributed by atoms with E-state index in [1.807, 2.05) is 18.7 Å². The van der Waals surface area contributed by atoms with E-state index >= 15 is 0 Å². The Morgan fingerprint density at radius 3 is 2.78 bits per heavy atom. The van der Waals surface area contributed by atoms with Gasteiger partial charge in [-0.1, -0.05) is 0 Å². The van der Waals surface area contributed by atoms with Crippen molar-refractivity contribution in [1.82, 2.24) is 9.78 Å². The van der Waals surface area contributed by atoms with Crippen molar-refractivity contribution in [2.45, 2.75) is 44.8 Å². The first-order valence-corrected chi connectivity index (χ1v) is 7.38. The summed E-state index contributed by atoms with van der Waals surface area (Å²) in [5.74, 6) is 0. The highest BCUT2D eigenvalue weighted by atomic mass is 79.9. The molecule has 0 radical (unpaired) electrons. The van der Waals surface area contributed by atoms with Crippen LogP contribution >= 0.6 is 15.9 Å². The lowest BCUT2D eigenvalue weighted by Gasteiger charge is -2.34. The Morgan fingerprint density at radius 2 is 2.33 bits per heavy atom. The zero-order chi connectivity index (χ0) is 12.9. The van der Waals surface area contributed by atoms with Gasteiger partial charge in [0, 0.05) is 19.0 Å². The van der Waals surface area contributed by atoms with E-state index in [-0.39, 0.29) is 5.41 Å². The number of nitrogens with two attached hydrogens (primary N) is 1. The molecule has 3 atom stereocenters. The number of halogens is 1. The highest BCUT2D eigenvalue weighted by molar-refractivity contribution is 9.10. The zero-order valence-corrected chi connectivity index (χ0v) is 12.5. The van der Waals surface area contributed by atoms with Crippen LogP contribution < -0.4 is 5.73 Å². The molecule has 1 aromatic heterocycles. The summed E-state index contributed by atoms with van der Waals surface area (Å²) in [4.78, 5) is 0. The van der Waals surface area contributed by atoms with Crippen LogP contribution in [0.3, 0.4) is 0 Å². The molecular formula is C13H20BrN3O. The molecular weight excluding hydrogens is 294 g/mol. The fraction of sp³-hybridized carbons (Fsp3) is 0.769. The lowest BCUT2D eigenvalue weighted by atomic mass is 9.71. The fourth-order valence-electron chi connectivity index (χ4n) is 3.57. The minimum absolute atomic E-state index is 0.117. The van der Waals surface area contributed by atoms with Crippen LogP contribution in [0.5, 0.6) is 0 Å². The Kier molecular flexibility index (Phi) is 3.03. The van der Waals surface area contributed by atoms with Crippen LogP contribution in [0.15, 0.2) is 4.47 Å². The van der Waals surface area contributed by atoms with Crippen LogP contribution in [-0.2, 0) is 18.2 Å². The maximum Gasteiger partial charge on any atom is 0.0738 e. The average molecular weight is 314 g/mol. The van der Waals surface area contributed by atoms with Crippen LogP contribution in [-0.4, -0.2) is 28.5 Å². The average Bonchev–Trinajstić information content (AvgIpc) is 3.00. The van der Waals surface area contributed by atoms with E-state index in [9.17, 15) is 0 Å². The highest BCUT2D eigenvalue weighted by Gasteiger charge is 2.51. The summed E-state index contributed by atoms with van der Waals surface area (Å²) in [6.07, 6.45) is 5.21. The van der Waals surface area contributed by atoms with Gasteiger partial charge in [-0.05, 0) is 48.5 Å². The number of ether oxygens (including phenoxy) is 1. The van der Waals surface area contributed by atoms with E-state index in [2.05, 4.69) is 21.0 Å². The maximum atomic E-state index is 6.09. The summed E-state index contributed by atoms with van der Waals surface area (Å²) in [5.41, 5.74) is 8.49. The van der Waals surface area contributed by atoms with Crippen LogP contribution in [0.1, 0.15) is 30.7 Å². The molecule has 3 rings (SSSR count). The van der Waals surface area contributed by atoms with E-state index in [4.69, 9.17) is 10.5 Å². The molecule has 2 aliphatic rings. The second kappa shape index (κ2) is 4.32. The number of rotatable bonds is 3. The predicted octanol–water partition coefficient (Wildman–Crippen LogP) is 1.93. The van der Waals surface area contributed by atoms with Crippen molar-refractivity contribution in [3.63, 3.8) is 0 Å². The minimum Gasteiger partial charge on any atom is -0.374 e. The summed E-state index contributed by atoms with van der Waals surface area (Å²) in [6, 6.07) is 0. The Hall–Kier alpha value is -0.390. The van der Waals surface area contributed by atoms with E-state index in [1.54, 1.807) is 0 Å². The summed E-state index contributed by atoms with van der Waals surface area (Å²) in [5, 5.41) is 4.47. The number of hydrogen-bond acceptors (Lipinski definition) is 3. The van der Waals surface area contributed by atoms with Crippen molar-refractivity contribution in [2.75, 3.05) is 6.54 Å². The third-order valence-corrected chi connectivity index (χ3v) is 5.64. The lowest BCUT2D eigenvalue weighted by molar-refractivity contribution is 0.0628. The largest absolute Gasteiger partial charge is 0.374 e. The molecule has 5 heteroatoms. The minimum atomic E-state index is 0.117. The van der Waals surface area contributed by atoms with Crippen LogP contribution in [0.2, 0.25) is 0 Å². The normalized spacial score (nSPS) is 34.4. The number of nitrogens with zero attached hydrogens (tertiary/aromatic N) is 2. The molecule has 0 amide bonds. The molecule has 3 heterocycles. The number of fused-ring (bicyclic) bond motifs is 2. The SMILES string of the molecule is Cc1nn(C)c(CC2(CN)CC3CCC2O3)c1Br. The van der Waals surface area contributed by atoms with Gasteiger partial charge >= 0.3 is 0 Å². The van der Waals surface area contributed by atoms with E-state index < -0.39 is 0 Å². The second-order valence-electron chi connectivity index (χ2n) is 5.74. The highest BCUT2D eigenvalue weighted by Crippen LogP contribution is 2.49. The zero-order valence-electron chi connectivity index (χ0n) is 10.9. The molecule has 4 nitrogen and oxygen atoms in total. The Labute approximate surface area is 116 Å². The molecule has 0 aliphatic carbocycles. The van der Waals surface area contributed by atoms with Gasteiger partial charge in [0.15, 0.2) is 0 Å². The summed E-state index contributed by atoms with van der Waals surface area (Å²) < 4.78 is 9.11. The third-order valence-electron chi connectivity index (χ3n) is 4.61. The first-order chi connectivity index (χ1) is 8.55. The number of hydrogen-bond donors (Lipinski definition) is 1. The van der Waals surface area contributed by atoms with Crippen molar-refractivity contribution < 1.29 is 4.74 Å².